The molecule has 0 aliphatic heterocycles. The highest BCUT2D eigenvalue weighted by Gasteiger charge is 2.48. The second kappa shape index (κ2) is 4.98. The van der Waals surface area contributed by atoms with E-state index in [9.17, 15) is 9.59 Å². The summed E-state index contributed by atoms with van der Waals surface area (Å²) >= 11 is 5.91. The van der Waals surface area contributed by atoms with Gasteiger partial charge in [-0.2, -0.15) is 0 Å². The molecule has 0 radical (unpaired) electrons. The fourth-order valence-electron chi connectivity index (χ4n) is 1.89. The van der Waals surface area contributed by atoms with E-state index in [1.165, 1.54) is 0 Å². The number of rotatable bonds is 4. The molecule has 1 amide bonds. The van der Waals surface area contributed by atoms with Gasteiger partial charge in [-0.1, -0.05) is 23.7 Å². The summed E-state index contributed by atoms with van der Waals surface area (Å²) in [7, 11) is 0. The Labute approximate surface area is 110 Å². The normalized spacial score (nSPS) is 21.4. The van der Waals surface area contributed by atoms with E-state index in [-0.39, 0.29) is 11.8 Å². The van der Waals surface area contributed by atoms with E-state index in [4.69, 9.17) is 16.7 Å². The van der Waals surface area contributed by atoms with E-state index < -0.39 is 11.9 Å². The zero-order chi connectivity index (χ0) is 13.3. The van der Waals surface area contributed by atoms with Gasteiger partial charge >= 0.3 is 5.97 Å². The monoisotopic (exact) mass is 267 g/mol. The number of carbonyl (C=O) groups is 2. The van der Waals surface area contributed by atoms with Gasteiger partial charge in [0, 0.05) is 11.6 Å². The predicted octanol–water partition coefficient (Wildman–Crippen LogP) is 1.99. The van der Waals surface area contributed by atoms with Gasteiger partial charge < -0.3 is 10.4 Å². The number of halogens is 1. The van der Waals surface area contributed by atoms with Crippen molar-refractivity contribution >= 4 is 23.5 Å². The maximum absolute atomic E-state index is 11.6. The van der Waals surface area contributed by atoms with E-state index in [1.54, 1.807) is 6.07 Å². The Hall–Kier alpha value is -1.55. The van der Waals surface area contributed by atoms with E-state index in [1.807, 2.05) is 19.1 Å². The van der Waals surface area contributed by atoms with Crippen LogP contribution in [-0.4, -0.2) is 17.0 Å². The van der Waals surface area contributed by atoms with Gasteiger partial charge in [0.2, 0.25) is 5.91 Å². The van der Waals surface area contributed by atoms with Gasteiger partial charge in [0.25, 0.3) is 0 Å². The van der Waals surface area contributed by atoms with Gasteiger partial charge in [-0.15, -0.1) is 0 Å². The number of aryl methyl sites for hydroxylation is 1. The summed E-state index contributed by atoms with van der Waals surface area (Å²) in [6.07, 6.45) is 0.445. The molecule has 0 aromatic heterocycles. The molecule has 0 saturated heterocycles. The third-order valence-corrected chi connectivity index (χ3v) is 3.56. The van der Waals surface area contributed by atoms with Crippen molar-refractivity contribution in [2.75, 3.05) is 0 Å². The van der Waals surface area contributed by atoms with Crippen LogP contribution in [0, 0.1) is 18.8 Å². The summed E-state index contributed by atoms with van der Waals surface area (Å²) in [5, 5.41) is 12.2. The number of carboxylic acids is 1. The van der Waals surface area contributed by atoms with Crippen molar-refractivity contribution < 1.29 is 14.7 Å². The van der Waals surface area contributed by atoms with Crippen LogP contribution in [-0.2, 0) is 16.1 Å². The lowest BCUT2D eigenvalue weighted by Crippen LogP contribution is -2.25. The van der Waals surface area contributed by atoms with Gasteiger partial charge in [-0.3, -0.25) is 9.59 Å². The van der Waals surface area contributed by atoms with Crippen molar-refractivity contribution in [3.63, 3.8) is 0 Å². The lowest BCUT2D eigenvalue weighted by atomic mass is 10.1. The van der Waals surface area contributed by atoms with Crippen LogP contribution in [0.3, 0.4) is 0 Å². The van der Waals surface area contributed by atoms with Crippen LogP contribution in [0.5, 0.6) is 0 Å². The Morgan fingerprint density at radius 1 is 1.44 bits per heavy atom. The minimum Gasteiger partial charge on any atom is -0.481 e. The van der Waals surface area contributed by atoms with Crippen LogP contribution in [0.15, 0.2) is 18.2 Å². The van der Waals surface area contributed by atoms with Crippen LogP contribution >= 0.6 is 11.6 Å². The highest BCUT2D eigenvalue weighted by atomic mass is 35.5. The molecule has 5 heteroatoms. The van der Waals surface area contributed by atoms with Crippen molar-refractivity contribution in [3.8, 4) is 0 Å². The first-order valence-electron chi connectivity index (χ1n) is 5.74. The lowest BCUT2D eigenvalue weighted by Gasteiger charge is -2.06. The summed E-state index contributed by atoms with van der Waals surface area (Å²) in [6, 6.07) is 5.54. The molecule has 1 aliphatic carbocycles. The van der Waals surface area contributed by atoms with E-state index in [0.717, 1.165) is 11.1 Å². The molecule has 2 unspecified atom stereocenters. The molecular formula is C13H14ClNO3. The Balaban J connectivity index is 1.87. The number of aliphatic carboxylic acids is 1. The first-order valence-corrected chi connectivity index (χ1v) is 6.12. The first-order chi connectivity index (χ1) is 8.49. The average molecular weight is 268 g/mol. The maximum Gasteiger partial charge on any atom is 0.307 e. The second-order valence-corrected chi connectivity index (χ2v) is 5.00. The topological polar surface area (TPSA) is 66.4 Å². The molecule has 18 heavy (non-hydrogen) atoms. The third kappa shape index (κ3) is 2.82. The van der Waals surface area contributed by atoms with Crippen LogP contribution < -0.4 is 5.32 Å². The van der Waals surface area contributed by atoms with Crippen LogP contribution in [0.2, 0.25) is 5.02 Å². The van der Waals surface area contributed by atoms with Crippen molar-refractivity contribution in [3.05, 3.63) is 34.3 Å². The molecule has 2 atom stereocenters. The largest absolute Gasteiger partial charge is 0.481 e. The summed E-state index contributed by atoms with van der Waals surface area (Å²) in [5.41, 5.74) is 1.91. The molecular weight excluding hydrogens is 254 g/mol. The average Bonchev–Trinajstić information content (AvgIpc) is 3.10. The minimum atomic E-state index is -0.891. The molecule has 2 N–H and O–H groups in total. The van der Waals surface area contributed by atoms with Crippen LogP contribution in [0.4, 0.5) is 0 Å². The highest BCUT2D eigenvalue weighted by molar-refractivity contribution is 6.31. The van der Waals surface area contributed by atoms with Gasteiger partial charge in [0.1, 0.15) is 0 Å². The second-order valence-electron chi connectivity index (χ2n) is 4.59. The molecule has 1 aromatic rings. The molecule has 4 nitrogen and oxygen atoms in total. The van der Waals surface area contributed by atoms with E-state index >= 15 is 0 Å². The maximum atomic E-state index is 11.6. The van der Waals surface area contributed by atoms with Crippen molar-refractivity contribution in [1.29, 1.82) is 0 Å². The number of carbonyl (C=O) groups excluding carboxylic acids is 1. The zero-order valence-electron chi connectivity index (χ0n) is 9.94. The molecule has 96 valence electrons. The van der Waals surface area contributed by atoms with Gasteiger partial charge in [0.05, 0.1) is 11.8 Å². The SMILES string of the molecule is Cc1cc(CNC(=O)C2CC2C(=O)O)ccc1Cl. The van der Waals surface area contributed by atoms with Crippen LogP contribution in [0.25, 0.3) is 0 Å². The van der Waals surface area contributed by atoms with E-state index in [2.05, 4.69) is 5.32 Å². The molecule has 1 saturated carbocycles. The Morgan fingerprint density at radius 3 is 2.72 bits per heavy atom. The summed E-state index contributed by atoms with van der Waals surface area (Å²) < 4.78 is 0. The summed E-state index contributed by atoms with van der Waals surface area (Å²) in [5.74, 6) is -1.94. The Bertz CT molecular complexity index is 501. The fourth-order valence-corrected chi connectivity index (χ4v) is 2.01. The van der Waals surface area contributed by atoms with Gasteiger partial charge in [-0.05, 0) is 30.5 Å². The quantitative estimate of drug-likeness (QED) is 0.877. The smallest absolute Gasteiger partial charge is 0.307 e. The fraction of sp³-hybridized carbons (Fsp3) is 0.385. The zero-order valence-corrected chi connectivity index (χ0v) is 10.7. The molecule has 0 bridgehead atoms. The highest BCUT2D eigenvalue weighted by Crippen LogP contribution is 2.38. The molecule has 0 spiro atoms. The third-order valence-electron chi connectivity index (χ3n) is 3.13. The summed E-state index contributed by atoms with van der Waals surface area (Å²) in [4.78, 5) is 22.3. The Morgan fingerprint density at radius 2 is 2.17 bits per heavy atom. The minimum absolute atomic E-state index is 0.185. The van der Waals surface area contributed by atoms with Crippen LogP contribution in [0.1, 0.15) is 17.5 Å². The Kier molecular flexibility index (Phi) is 3.57. The number of benzene rings is 1. The first kappa shape index (κ1) is 12.9. The number of amides is 1. The van der Waals surface area contributed by atoms with Crippen molar-refractivity contribution in [1.82, 2.24) is 5.32 Å². The molecule has 1 aliphatic rings. The predicted molar refractivity (Wildman–Crippen MR) is 67.3 cm³/mol. The lowest BCUT2D eigenvalue weighted by molar-refractivity contribution is -0.140. The number of hydrogen-bond donors (Lipinski definition) is 2. The standard InChI is InChI=1S/C13H14ClNO3/c1-7-4-8(2-3-11(7)14)6-15-12(16)9-5-10(9)13(17)18/h2-4,9-10H,5-6H2,1H3,(H,15,16)(H,17,18). The van der Waals surface area contributed by atoms with Crippen molar-refractivity contribution in [2.24, 2.45) is 11.8 Å². The van der Waals surface area contributed by atoms with E-state index in [0.29, 0.717) is 18.0 Å². The molecule has 1 fully saturated rings. The molecule has 1 aromatic carbocycles. The summed E-state index contributed by atoms with van der Waals surface area (Å²) in [6.45, 7) is 2.30. The number of hydrogen-bond acceptors (Lipinski definition) is 2. The molecule has 2 rings (SSSR count). The number of nitrogens with one attached hydrogen (secondary N) is 1. The van der Waals surface area contributed by atoms with Gasteiger partial charge in [0.15, 0.2) is 0 Å². The molecule has 0 heterocycles. The van der Waals surface area contributed by atoms with Crippen molar-refractivity contribution in [2.45, 2.75) is 19.9 Å². The number of carboxylic acid groups (broad SMARTS) is 1. The van der Waals surface area contributed by atoms with Gasteiger partial charge in [-0.25, -0.2) is 0 Å².